The Balaban J connectivity index is 1.66. The second-order valence-corrected chi connectivity index (χ2v) is 9.23. The SMILES string of the molecule is CCCCN(Cc1ccccc1)C(=O)C1(C)CCc2c(c3ccccc3n2CC(=O)O)C1. The van der Waals surface area contributed by atoms with Crippen molar-refractivity contribution in [3.63, 3.8) is 0 Å². The minimum atomic E-state index is -0.841. The minimum Gasteiger partial charge on any atom is -0.480 e. The second kappa shape index (κ2) is 9.19. The predicted octanol–water partition coefficient (Wildman–Crippen LogP) is 5.05. The molecule has 32 heavy (non-hydrogen) atoms. The van der Waals surface area contributed by atoms with Crippen molar-refractivity contribution in [2.45, 2.75) is 59.0 Å². The monoisotopic (exact) mass is 432 g/mol. The number of aromatic nitrogens is 1. The molecule has 3 aromatic rings. The molecule has 4 rings (SSSR count). The maximum absolute atomic E-state index is 13.9. The highest BCUT2D eigenvalue weighted by molar-refractivity contribution is 5.90. The van der Waals surface area contributed by atoms with Crippen LogP contribution in [0.15, 0.2) is 54.6 Å². The average Bonchev–Trinajstić information content (AvgIpc) is 3.09. The molecule has 0 saturated carbocycles. The van der Waals surface area contributed by atoms with E-state index in [1.165, 1.54) is 0 Å². The van der Waals surface area contributed by atoms with Gasteiger partial charge in [0.2, 0.25) is 5.91 Å². The number of rotatable bonds is 8. The standard InChI is InChI=1S/C27H32N2O3/c1-3-4-16-28(18-20-10-6-5-7-11-20)26(32)27(2)15-14-24-22(17-27)21-12-8-9-13-23(21)29(24)19-25(30)31/h5-13H,3-4,14-19H2,1-2H3,(H,30,31). The summed E-state index contributed by atoms with van der Waals surface area (Å²) in [6, 6.07) is 18.2. The number of carboxylic acid groups (broad SMARTS) is 1. The first-order chi connectivity index (χ1) is 15.4. The fraction of sp³-hybridized carbons (Fsp3) is 0.407. The van der Waals surface area contributed by atoms with E-state index < -0.39 is 11.4 Å². The Kier molecular flexibility index (Phi) is 6.35. The molecule has 0 fully saturated rings. The van der Waals surface area contributed by atoms with Crippen LogP contribution in [-0.2, 0) is 35.5 Å². The van der Waals surface area contributed by atoms with Gasteiger partial charge in [0.15, 0.2) is 0 Å². The number of carboxylic acids is 1. The zero-order valence-electron chi connectivity index (χ0n) is 19.0. The molecule has 5 heteroatoms. The number of carbonyl (C=O) groups excluding carboxylic acids is 1. The van der Waals surface area contributed by atoms with Gasteiger partial charge >= 0.3 is 5.97 Å². The number of carbonyl (C=O) groups is 2. The van der Waals surface area contributed by atoms with E-state index in [1.807, 2.05) is 45.9 Å². The summed E-state index contributed by atoms with van der Waals surface area (Å²) in [5.74, 6) is -0.637. The molecule has 1 N–H and O–H groups in total. The topological polar surface area (TPSA) is 62.5 Å². The van der Waals surface area contributed by atoms with Gasteiger partial charge in [-0.2, -0.15) is 0 Å². The van der Waals surface area contributed by atoms with Crippen LogP contribution >= 0.6 is 0 Å². The Morgan fingerprint density at radius 1 is 1.09 bits per heavy atom. The molecule has 1 heterocycles. The van der Waals surface area contributed by atoms with Crippen molar-refractivity contribution < 1.29 is 14.7 Å². The lowest BCUT2D eigenvalue weighted by Gasteiger charge is -2.38. The zero-order chi connectivity index (χ0) is 22.7. The fourth-order valence-electron chi connectivity index (χ4n) is 5.07. The van der Waals surface area contributed by atoms with E-state index in [9.17, 15) is 14.7 Å². The van der Waals surface area contributed by atoms with Crippen LogP contribution in [0.2, 0.25) is 0 Å². The summed E-state index contributed by atoms with van der Waals surface area (Å²) in [5.41, 5.74) is 3.81. The molecule has 1 atom stereocenters. The van der Waals surface area contributed by atoms with Gasteiger partial charge in [-0.05, 0) is 42.9 Å². The molecule has 0 bridgehead atoms. The maximum Gasteiger partial charge on any atom is 0.323 e. The van der Waals surface area contributed by atoms with E-state index in [0.717, 1.165) is 53.5 Å². The first-order valence-electron chi connectivity index (χ1n) is 11.6. The van der Waals surface area contributed by atoms with E-state index in [-0.39, 0.29) is 12.5 Å². The van der Waals surface area contributed by atoms with Crippen LogP contribution in [-0.4, -0.2) is 33.0 Å². The van der Waals surface area contributed by atoms with Gasteiger partial charge in [-0.25, -0.2) is 0 Å². The molecule has 0 radical (unpaired) electrons. The average molecular weight is 433 g/mol. The molecule has 168 valence electrons. The molecule has 1 aromatic heterocycles. The molecular formula is C27H32N2O3. The van der Waals surface area contributed by atoms with Gasteiger partial charge in [-0.3, -0.25) is 9.59 Å². The number of hydrogen-bond acceptors (Lipinski definition) is 2. The highest BCUT2D eigenvalue weighted by atomic mass is 16.4. The number of nitrogens with zero attached hydrogens (tertiary/aromatic N) is 2. The molecule has 1 aliphatic carbocycles. The van der Waals surface area contributed by atoms with Crippen LogP contribution in [0.1, 0.15) is 49.9 Å². The summed E-state index contributed by atoms with van der Waals surface area (Å²) >= 11 is 0. The smallest absolute Gasteiger partial charge is 0.323 e. The first-order valence-corrected chi connectivity index (χ1v) is 11.6. The lowest BCUT2D eigenvalue weighted by atomic mass is 9.73. The summed E-state index contributed by atoms with van der Waals surface area (Å²) in [7, 11) is 0. The Morgan fingerprint density at radius 2 is 1.81 bits per heavy atom. The van der Waals surface area contributed by atoms with Crippen molar-refractivity contribution in [1.29, 1.82) is 0 Å². The fourth-order valence-corrected chi connectivity index (χ4v) is 5.07. The summed E-state index contributed by atoms with van der Waals surface area (Å²) in [4.78, 5) is 27.4. The highest BCUT2D eigenvalue weighted by Crippen LogP contribution is 2.41. The molecule has 2 aromatic carbocycles. The molecule has 0 spiro atoms. The van der Waals surface area contributed by atoms with E-state index >= 15 is 0 Å². The number of hydrogen-bond donors (Lipinski definition) is 1. The number of aliphatic carboxylic acids is 1. The predicted molar refractivity (Wildman–Crippen MR) is 126 cm³/mol. The summed E-state index contributed by atoms with van der Waals surface area (Å²) in [5, 5.41) is 10.5. The van der Waals surface area contributed by atoms with Crippen LogP contribution in [0.4, 0.5) is 0 Å². The van der Waals surface area contributed by atoms with Gasteiger partial charge in [-0.15, -0.1) is 0 Å². The van der Waals surface area contributed by atoms with Gasteiger partial charge in [0, 0.05) is 29.7 Å². The largest absolute Gasteiger partial charge is 0.480 e. The van der Waals surface area contributed by atoms with Crippen molar-refractivity contribution in [2.75, 3.05) is 6.54 Å². The number of amides is 1. The molecule has 5 nitrogen and oxygen atoms in total. The molecule has 1 unspecified atom stereocenters. The molecule has 0 saturated heterocycles. The van der Waals surface area contributed by atoms with Gasteiger partial charge in [-0.1, -0.05) is 68.8 Å². The van der Waals surface area contributed by atoms with Crippen molar-refractivity contribution in [3.05, 3.63) is 71.4 Å². The van der Waals surface area contributed by atoms with Crippen LogP contribution < -0.4 is 0 Å². The van der Waals surface area contributed by atoms with E-state index in [4.69, 9.17) is 0 Å². The maximum atomic E-state index is 13.9. The van der Waals surface area contributed by atoms with Crippen molar-refractivity contribution >= 4 is 22.8 Å². The van der Waals surface area contributed by atoms with Crippen molar-refractivity contribution in [3.8, 4) is 0 Å². The van der Waals surface area contributed by atoms with Crippen LogP contribution in [0.5, 0.6) is 0 Å². The summed E-state index contributed by atoms with van der Waals surface area (Å²) in [6.45, 7) is 5.58. The Morgan fingerprint density at radius 3 is 2.53 bits per heavy atom. The molecule has 1 amide bonds. The van der Waals surface area contributed by atoms with Crippen LogP contribution in [0, 0.1) is 5.41 Å². The number of fused-ring (bicyclic) bond motifs is 3. The third-order valence-corrected chi connectivity index (χ3v) is 6.77. The molecular weight excluding hydrogens is 400 g/mol. The number of para-hydroxylation sites is 1. The first kappa shape index (κ1) is 22.1. The normalized spacial score (nSPS) is 17.8. The van der Waals surface area contributed by atoms with Gasteiger partial charge in [0.1, 0.15) is 6.54 Å². The van der Waals surface area contributed by atoms with Gasteiger partial charge in [0.25, 0.3) is 0 Å². The van der Waals surface area contributed by atoms with E-state index in [1.54, 1.807) is 0 Å². The van der Waals surface area contributed by atoms with E-state index in [0.29, 0.717) is 19.4 Å². The zero-order valence-corrected chi connectivity index (χ0v) is 19.0. The van der Waals surface area contributed by atoms with Crippen LogP contribution in [0.3, 0.4) is 0 Å². The van der Waals surface area contributed by atoms with Crippen molar-refractivity contribution in [2.24, 2.45) is 5.41 Å². The van der Waals surface area contributed by atoms with E-state index in [2.05, 4.69) is 32.0 Å². The Hall–Kier alpha value is -3.08. The quantitative estimate of drug-likeness (QED) is 0.542. The number of unbranched alkanes of at least 4 members (excludes halogenated alkanes) is 1. The van der Waals surface area contributed by atoms with Gasteiger partial charge < -0.3 is 14.6 Å². The summed E-state index contributed by atoms with van der Waals surface area (Å²) in [6.07, 6.45) is 4.12. The molecule has 1 aliphatic rings. The van der Waals surface area contributed by atoms with Crippen LogP contribution in [0.25, 0.3) is 10.9 Å². The minimum absolute atomic E-state index is 0.0445. The lowest BCUT2D eigenvalue weighted by molar-refractivity contribution is -0.143. The number of benzene rings is 2. The van der Waals surface area contributed by atoms with Gasteiger partial charge in [0.05, 0.1) is 5.41 Å². The Bertz CT molecular complexity index is 1120. The Labute approximate surface area is 189 Å². The molecule has 0 aliphatic heterocycles. The third-order valence-electron chi connectivity index (χ3n) is 6.77. The second-order valence-electron chi connectivity index (χ2n) is 9.23. The lowest BCUT2D eigenvalue weighted by Crippen LogP contribution is -2.45. The van der Waals surface area contributed by atoms with Crippen molar-refractivity contribution in [1.82, 2.24) is 9.47 Å². The summed E-state index contributed by atoms with van der Waals surface area (Å²) < 4.78 is 1.93. The third kappa shape index (κ3) is 4.29. The highest BCUT2D eigenvalue weighted by Gasteiger charge is 2.41.